The van der Waals surface area contributed by atoms with Crippen LogP contribution in [0.25, 0.3) is 0 Å². The lowest BCUT2D eigenvalue weighted by Crippen LogP contribution is -2.23. The Bertz CT molecular complexity index is 609. The third-order valence-corrected chi connectivity index (χ3v) is 2.59. The molecule has 1 aromatic rings. The highest BCUT2D eigenvalue weighted by molar-refractivity contribution is 6.01. The first kappa shape index (κ1) is 17.3. The van der Waals surface area contributed by atoms with Crippen LogP contribution >= 0.6 is 0 Å². The molecule has 6 nitrogen and oxygen atoms in total. The zero-order chi connectivity index (χ0) is 16.7. The van der Waals surface area contributed by atoms with Crippen LogP contribution in [0.15, 0.2) is 22.1 Å². The van der Waals surface area contributed by atoms with Crippen molar-refractivity contribution in [1.29, 1.82) is 0 Å². The summed E-state index contributed by atoms with van der Waals surface area (Å²) in [5.41, 5.74) is 3.98. The van der Waals surface area contributed by atoms with E-state index in [2.05, 4.69) is 9.98 Å². The van der Waals surface area contributed by atoms with Crippen LogP contribution in [0.5, 0.6) is 0 Å². The van der Waals surface area contributed by atoms with E-state index in [1.54, 1.807) is 0 Å². The normalized spacial score (nSPS) is 12.9. The number of rotatable bonds is 7. The van der Waals surface area contributed by atoms with Crippen molar-refractivity contribution in [2.75, 3.05) is 0 Å². The van der Waals surface area contributed by atoms with E-state index in [4.69, 9.17) is 10.8 Å². The summed E-state index contributed by atoms with van der Waals surface area (Å²) in [6.07, 6.45) is 0.969. The van der Waals surface area contributed by atoms with Gasteiger partial charge in [-0.05, 0) is 6.42 Å². The standard InChI is InChI=1S/C13H12F3N3O3/c14-7-3-8(15)12(9(16)4-7)13(22)10(1-2-11(20)21)19-6-18-5-17/h3-6,10H,1-2H2,(H,20,21)(H2,17,18,19). The predicted octanol–water partition coefficient (Wildman–Crippen LogP) is 1.54. The number of Topliss-reactive ketones (excluding diaryl/α,β-unsaturated/α-hetero) is 1. The second-order valence-corrected chi connectivity index (χ2v) is 4.12. The number of carbonyl (C=O) groups is 2. The van der Waals surface area contributed by atoms with E-state index in [1.165, 1.54) is 0 Å². The van der Waals surface area contributed by atoms with Gasteiger partial charge >= 0.3 is 5.97 Å². The van der Waals surface area contributed by atoms with Crippen LogP contribution in [0.3, 0.4) is 0 Å². The zero-order valence-electron chi connectivity index (χ0n) is 11.2. The number of carboxylic acids is 1. The summed E-state index contributed by atoms with van der Waals surface area (Å²) >= 11 is 0. The second-order valence-electron chi connectivity index (χ2n) is 4.12. The first-order chi connectivity index (χ1) is 10.4. The fourth-order valence-corrected chi connectivity index (χ4v) is 1.64. The highest BCUT2D eigenvalue weighted by Crippen LogP contribution is 2.19. The second kappa shape index (κ2) is 7.91. The molecule has 1 rings (SSSR count). The molecule has 3 N–H and O–H groups in total. The molecule has 9 heteroatoms. The van der Waals surface area contributed by atoms with E-state index < -0.39 is 47.2 Å². The molecule has 0 aliphatic carbocycles. The number of benzene rings is 1. The van der Waals surface area contributed by atoms with Gasteiger partial charge in [0.2, 0.25) is 0 Å². The minimum Gasteiger partial charge on any atom is -0.481 e. The number of hydrogen-bond acceptors (Lipinski definition) is 3. The van der Waals surface area contributed by atoms with Gasteiger partial charge in [0.25, 0.3) is 0 Å². The molecule has 0 saturated carbocycles. The average molecular weight is 315 g/mol. The molecular weight excluding hydrogens is 303 g/mol. The molecule has 0 saturated heterocycles. The zero-order valence-corrected chi connectivity index (χ0v) is 11.2. The van der Waals surface area contributed by atoms with Crippen molar-refractivity contribution in [2.24, 2.45) is 15.7 Å². The molecule has 0 aromatic heterocycles. The predicted molar refractivity (Wildman–Crippen MR) is 72.5 cm³/mol. The number of carbonyl (C=O) groups excluding carboxylic acids is 1. The fraction of sp³-hybridized carbons (Fsp3) is 0.231. The Hall–Kier alpha value is -2.71. The Morgan fingerprint density at radius 3 is 2.36 bits per heavy atom. The lowest BCUT2D eigenvalue weighted by atomic mass is 9.99. The first-order valence-corrected chi connectivity index (χ1v) is 6.02. The smallest absolute Gasteiger partial charge is 0.303 e. The molecule has 0 bridgehead atoms. The van der Waals surface area contributed by atoms with E-state index in [0.29, 0.717) is 12.1 Å². The largest absolute Gasteiger partial charge is 0.481 e. The van der Waals surface area contributed by atoms with Crippen molar-refractivity contribution in [3.63, 3.8) is 0 Å². The molecular formula is C13H12F3N3O3. The summed E-state index contributed by atoms with van der Waals surface area (Å²) in [7, 11) is 0. The van der Waals surface area contributed by atoms with Crippen molar-refractivity contribution in [3.8, 4) is 0 Å². The molecule has 0 aliphatic heterocycles. The summed E-state index contributed by atoms with van der Waals surface area (Å²) in [6.45, 7) is 0. The molecule has 1 atom stereocenters. The Balaban J connectivity index is 3.12. The molecule has 0 fully saturated rings. The first-order valence-electron chi connectivity index (χ1n) is 6.02. The summed E-state index contributed by atoms with van der Waals surface area (Å²) in [5, 5.41) is 8.62. The number of halogens is 3. The summed E-state index contributed by atoms with van der Waals surface area (Å²) in [5.74, 6) is -6.28. The van der Waals surface area contributed by atoms with Crippen molar-refractivity contribution in [2.45, 2.75) is 18.9 Å². The molecule has 118 valence electrons. The molecule has 0 aliphatic rings. The minimum absolute atomic E-state index is 0.305. The van der Waals surface area contributed by atoms with Crippen LogP contribution in [-0.4, -0.2) is 35.6 Å². The summed E-state index contributed by atoms with van der Waals surface area (Å²) in [4.78, 5) is 29.7. The van der Waals surface area contributed by atoms with Gasteiger partial charge in [-0.25, -0.2) is 18.2 Å². The number of aliphatic carboxylic acids is 1. The third kappa shape index (κ3) is 4.69. The molecule has 0 heterocycles. The highest BCUT2D eigenvalue weighted by atomic mass is 19.1. The third-order valence-electron chi connectivity index (χ3n) is 2.59. The van der Waals surface area contributed by atoms with Gasteiger partial charge in [-0.2, -0.15) is 0 Å². The molecule has 0 amide bonds. The van der Waals surface area contributed by atoms with E-state index in [1.807, 2.05) is 0 Å². The fourth-order valence-electron chi connectivity index (χ4n) is 1.64. The number of nitrogens with two attached hydrogens (primary N) is 1. The van der Waals surface area contributed by atoms with Gasteiger partial charge < -0.3 is 10.8 Å². The number of aliphatic imine (C=N–C) groups is 2. The van der Waals surface area contributed by atoms with Gasteiger partial charge in [-0.1, -0.05) is 0 Å². The highest BCUT2D eigenvalue weighted by Gasteiger charge is 2.26. The quantitative estimate of drug-likeness (QED) is 0.452. The van der Waals surface area contributed by atoms with Gasteiger partial charge in [0, 0.05) is 18.6 Å². The van der Waals surface area contributed by atoms with Gasteiger partial charge in [0.05, 0.1) is 11.9 Å². The topological polar surface area (TPSA) is 105 Å². The van der Waals surface area contributed by atoms with Crippen LogP contribution in [-0.2, 0) is 4.79 Å². The van der Waals surface area contributed by atoms with Gasteiger partial charge in [0.1, 0.15) is 29.8 Å². The maximum Gasteiger partial charge on any atom is 0.303 e. The van der Waals surface area contributed by atoms with Crippen molar-refractivity contribution < 1.29 is 27.9 Å². The molecule has 1 unspecified atom stereocenters. The van der Waals surface area contributed by atoms with E-state index in [0.717, 1.165) is 12.7 Å². The number of carboxylic acid groups (broad SMARTS) is 1. The van der Waals surface area contributed by atoms with Crippen molar-refractivity contribution in [3.05, 3.63) is 35.1 Å². The maximum absolute atomic E-state index is 13.6. The Morgan fingerprint density at radius 1 is 1.27 bits per heavy atom. The van der Waals surface area contributed by atoms with Gasteiger partial charge in [0.15, 0.2) is 5.78 Å². The maximum atomic E-state index is 13.6. The number of nitrogens with zero attached hydrogens (tertiary/aromatic N) is 2. The van der Waals surface area contributed by atoms with Crippen LogP contribution in [0, 0.1) is 17.5 Å². The average Bonchev–Trinajstić information content (AvgIpc) is 2.41. The lowest BCUT2D eigenvalue weighted by molar-refractivity contribution is -0.137. The van der Waals surface area contributed by atoms with Gasteiger partial charge in [-0.15, -0.1) is 0 Å². The molecule has 22 heavy (non-hydrogen) atoms. The Kier molecular flexibility index (Phi) is 6.24. The number of hydrogen-bond donors (Lipinski definition) is 2. The minimum atomic E-state index is -1.39. The SMILES string of the molecule is NC=NC=NC(CCC(=O)O)C(=O)c1c(F)cc(F)cc1F. The van der Waals surface area contributed by atoms with Crippen LogP contribution in [0.4, 0.5) is 13.2 Å². The van der Waals surface area contributed by atoms with Crippen LogP contribution in [0.2, 0.25) is 0 Å². The van der Waals surface area contributed by atoms with Crippen LogP contribution < -0.4 is 5.73 Å². The summed E-state index contributed by atoms with van der Waals surface area (Å²) < 4.78 is 40.0. The van der Waals surface area contributed by atoms with Crippen LogP contribution in [0.1, 0.15) is 23.2 Å². The molecule has 0 spiro atoms. The van der Waals surface area contributed by atoms with E-state index in [-0.39, 0.29) is 6.42 Å². The Morgan fingerprint density at radius 2 is 1.86 bits per heavy atom. The van der Waals surface area contributed by atoms with Gasteiger partial charge in [-0.3, -0.25) is 14.6 Å². The monoisotopic (exact) mass is 315 g/mol. The number of ketones is 1. The molecule has 0 radical (unpaired) electrons. The lowest BCUT2D eigenvalue weighted by Gasteiger charge is -2.11. The van der Waals surface area contributed by atoms with E-state index in [9.17, 15) is 22.8 Å². The van der Waals surface area contributed by atoms with Crippen molar-refractivity contribution in [1.82, 2.24) is 0 Å². The summed E-state index contributed by atoms with van der Waals surface area (Å²) in [6, 6.07) is -0.673. The van der Waals surface area contributed by atoms with Crippen molar-refractivity contribution >= 4 is 24.4 Å². The molecule has 1 aromatic carbocycles. The van der Waals surface area contributed by atoms with E-state index >= 15 is 0 Å². The Labute approximate surface area is 123 Å².